The number of hydrogen-bond donors (Lipinski definition) is 1. The van der Waals surface area contributed by atoms with Crippen molar-refractivity contribution in [3.8, 4) is 0 Å². The molecule has 2 amide bonds. The maximum absolute atomic E-state index is 12.5. The monoisotopic (exact) mass is 410 g/mol. The van der Waals surface area contributed by atoms with Gasteiger partial charge in [-0.2, -0.15) is 0 Å². The average Bonchev–Trinajstić information content (AvgIpc) is 3.03. The zero-order valence-electron chi connectivity index (χ0n) is 15.2. The van der Waals surface area contributed by atoms with Gasteiger partial charge in [0.2, 0.25) is 11.8 Å². The molecule has 0 radical (unpaired) electrons. The summed E-state index contributed by atoms with van der Waals surface area (Å²) in [5.41, 5.74) is 1.84. The lowest BCUT2D eigenvalue weighted by Crippen LogP contribution is -2.38. The molecule has 0 saturated carbocycles. The summed E-state index contributed by atoms with van der Waals surface area (Å²) in [5, 5.41) is 10.7. The van der Waals surface area contributed by atoms with Crippen molar-refractivity contribution in [3.05, 3.63) is 29.8 Å². The summed E-state index contributed by atoms with van der Waals surface area (Å²) in [4.78, 5) is 26.1. The van der Waals surface area contributed by atoms with Crippen LogP contribution in [0.4, 0.5) is 5.69 Å². The van der Waals surface area contributed by atoms with Crippen LogP contribution in [0.2, 0.25) is 0 Å². The largest absolute Gasteiger partial charge is 0.335 e. The highest BCUT2D eigenvalue weighted by atomic mass is 32.2. The first-order chi connectivity index (χ1) is 12.4. The van der Waals surface area contributed by atoms with E-state index in [1.165, 1.54) is 28.0 Å². The first-order valence-corrected chi connectivity index (χ1v) is 10.8. The van der Waals surface area contributed by atoms with Crippen molar-refractivity contribution in [2.75, 3.05) is 24.7 Å². The number of amides is 2. The second kappa shape index (κ2) is 9.94. The Hall–Kier alpha value is -1.58. The molecule has 2 rings (SSSR count). The summed E-state index contributed by atoms with van der Waals surface area (Å²) in [6.07, 6.45) is 0. The third-order valence-electron chi connectivity index (χ3n) is 3.37. The number of rotatable bonds is 8. The smallest absolute Gasteiger partial charge is 0.243 e. The molecule has 1 aromatic heterocycles. The first-order valence-electron chi connectivity index (χ1n) is 8.13. The number of nitrogens with zero attached hydrogens (tertiary/aromatic N) is 3. The molecule has 0 saturated heterocycles. The van der Waals surface area contributed by atoms with E-state index in [0.29, 0.717) is 0 Å². The maximum Gasteiger partial charge on any atom is 0.243 e. The Morgan fingerprint density at radius 2 is 1.88 bits per heavy atom. The number of likely N-dealkylation sites (N-methyl/N-ethyl adjacent to an activating group) is 1. The van der Waals surface area contributed by atoms with Gasteiger partial charge in [0, 0.05) is 12.7 Å². The van der Waals surface area contributed by atoms with Crippen LogP contribution in [0.3, 0.4) is 0 Å². The molecule has 2 aromatic rings. The molecule has 1 N–H and O–H groups in total. The zero-order valence-corrected chi connectivity index (χ0v) is 17.6. The van der Waals surface area contributed by atoms with Gasteiger partial charge in [-0.3, -0.25) is 9.59 Å². The van der Waals surface area contributed by atoms with E-state index in [2.05, 4.69) is 22.4 Å². The molecule has 0 bridgehead atoms. The van der Waals surface area contributed by atoms with E-state index in [0.717, 1.165) is 25.7 Å². The standard InChI is InChI=1S/C17H22N4O2S3/c1-5-24-16-19-20-17(26-16)25-12(3)15(23)21(4)10-14(22)18-13-8-6-11(2)7-9-13/h6-9,12H,5,10H2,1-4H3,(H,18,22)/t12-/m0/s1. The van der Waals surface area contributed by atoms with Crippen molar-refractivity contribution < 1.29 is 9.59 Å². The molecule has 1 atom stereocenters. The normalized spacial score (nSPS) is 11.8. The molecule has 0 aliphatic carbocycles. The van der Waals surface area contributed by atoms with E-state index in [9.17, 15) is 9.59 Å². The number of nitrogens with one attached hydrogen (secondary N) is 1. The molecule has 0 spiro atoms. The molecule has 0 fully saturated rings. The molecule has 9 heteroatoms. The summed E-state index contributed by atoms with van der Waals surface area (Å²) in [6, 6.07) is 7.54. The van der Waals surface area contributed by atoms with Crippen molar-refractivity contribution in [3.63, 3.8) is 0 Å². The van der Waals surface area contributed by atoms with Crippen LogP contribution in [0.25, 0.3) is 0 Å². The topological polar surface area (TPSA) is 75.2 Å². The molecular weight excluding hydrogens is 388 g/mol. The third kappa shape index (κ3) is 6.30. The van der Waals surface area contributed by atoms with Crippen molar-refractivity contribution in [2.45, 2.75) is 34.7 Å². The predicted octanol–water partition coefficient (Wildman–Crippen LogP) is 3.54. The second-order valence-electron chi connectivity index (χ2n) is 5.64. The van der Waals surface area contributed by atoms with Crippen LogP contribution < -0.4 is 5.32 Å². The van der Waals surface area contributed by atoms with Crippen LogP contribution in [-0.2, 0) is 9.59 Å². The van der Waals surface area contributed by atoms with Gasteiger partial charge in [-0.1, -0.05) is 59.5 Å². The molecule has 1 heterocycles. The fourth-order valence-electron chi connectivity index (χ4n) is 2.07. The van der Waals surface area contributed by atoms with Crippen LogP contribution >= 0.6 is 34.9 Å². The van der Waals surface area contributed by atoms with E-state index in [1.54, 1.807) is 18.8 Å². The number of thioether (sulfide) groups is 2. The summed E-state index contributed by atoms with van der Waals surface area (Å²) in [5.74, 6) is 0.598. The minimum atomic E-state index is -0.334. The van der Waals surface area contributed by atoms with Crippen molar-refractivity contribution >= 4 is 52.4 Å². The summed E-state index contributed by atoms with van der Waals surface area (Å²) in [7, 11) is 1.63. The fraction of sp³-hybridized carbons (Fsp3) is 0.412. The summed E-state index contributed by atoms with van der Waals surface area (Å²) in [6.45, 7) is 5.86. The predicted molar refractivity (Wildman–Crippen MR) is 109 cm³/mol. The Morgan fingerprint density at radius 3 is 2.54 bits per heavy atom. The molecule has 6 nitrogen and oxygen atoms in total. The van der Waals surface area contributed by atoms with Crippen LogP contribution in [0.1, 0.15) is 19.4 Å². The van der Waals surface area contributed by atoms with E-state index in [-0.39, 0.29) is 23.6 Å². The lowest BCUT2D eigenvalue weighted by molar-refractivity contribution is -0.132. The number of aryl methyl sites for hydroxylation is 1. The number of aromatic nitrogens is 2. The van der Waals surface area contributed by atoms with E-state index < -0.39 is 0 Å². The summed E-state index contributed by atoms with van der Waals surface area (Å²) >= 11 is 4.48. The van der Waals surface area contributed by atoms with Gasteiger partial charge in [-0.15, -0.1) is 10.2 Å². The van der Waals surface area contributed by atoms with Gasteiger partial charge in [-0.25, -0.2) is 0 Å². The van der Waals surface area contributed by atoms with Crippen LogP contribution in [-0.4, -0.2) is 51.5 Å². The Balaban J connectivity index is 1.84. The van der Waals surface area contributed by atoms with Crippen molar-refractivity contribution in [1.82, 2.24) is 15.1 Å². The van der Waals surface area contributed by atoms with Crippen LogP contribution in [0.15, 0.2) is 32.9 Å². The number of carbonyl (C=O) groups is 2. The lowest BCUT2D eigenvalue weighted by atomic mass is 10.2. The quantitative estimate of drug-likeness (QED) is 0.671. The maximum atomic E-state index is 12.5. The van der Waals surface area contributed by atoms with Crippen molar-refractivity contribution in [2.24, 2.45) is 0 Å². The zero-order chi connectivity index (χ0) is 19.1. The summed E-state index contributed by atoms with van der Waals surface area (Å²) < 4.78 is 1.67. The van der Waals surface area contributed by atoms with Gasteiger partial charge in [0.05, 0.1) is 11.8 Å². The minimum absolute atomic E-state index is 0.00463. The fourth-order valence-corrected chi connectivity index (χ4v) is 5.25. The molecule has 0 aliphatic heterocycles. The molecule has 26 heavy (non-hydrogen) atoms. The first kappa shape index (κ1) is 20.7. The van der Waals surface area contributed by atoms with E-state index in [1.807, 2.05) is 38.1 Å². The van der Waals surface area contributed by atoms with E-state index in [4.69, 9.17) is 0 Å². The van der Waals surface area contributed by atoms with E-state index >= 15 is 0 Å². The number of anilines is 1. The number of hydrogen-bond acceptors (Lipinski definition) is 7. The SMILES string of the molecule is CCSc1nnc(S[C@@H](C)C(=O)N(C)CC(=O)Nc2ccc(C)cc2)s1. The van der Waals surface area contributed by atoms with Gasteiger partial charge < -0.3 is 10.2 Å². The van der Waals surface area contributed by atoms with Crippen molar-refractivity contribution in [1.29, 1.82) is 0 Å². The second-order valence-corrected chi connectivity index (χ2v) is 9.71. The highest BCUT2D eigenvalue weighted by molar-refractivity contribution is 8.03. The van der Waals surface area contributed by atoms with Gasteiger partial charge >= 0.3 is 0 Å². The van der Waals surface area contributed by atoms with Gasteiger partial charge in [0.15, 0.2) is 8.68 Å². The highest BCUT2D eigenvalue weighted by Gasteiger charge is 2.22. The highest BCUT2D eigenvalue weighted by Crippen LogP contribution is 2.31. The van der Waals surface area contributed by atoms with Crippen LogP contribution in [0, 0.1) is 6.92 Å². The number of carbonyl (C=O) groups excluding carboxylic acids is 2. The molecule has 1 aromatic carbocycles. The lowest BCUT2D eigenvalue weighted by Gasteiger charge is -2.20. The molecular formula is C17H22N4O2S3. The molecule has 0 aliphatic rings. The Kier molecular flexibility index (Phi) is 7.92. The van der Waals surface area contributed by atoms with Gasteiger partial charge in [0.25, 0.3) is 0 Å². The Labute approximate surface area is 166 Å². The molecule has 140 valence electrons. The Morgan fingerprint density at radius 1 is 1.23 bits per heavy atom. The van der Waals surface area contributed by atoms with Gasteiger partial charge in [0.1, 0.15) is 0 Å². The minimum Gasteiger partial charge on any atom is -0.335 e. The Bertz CT molecular complexity index is 749. The van der Waals surface area contributed by atoms with Crippen LogP contribution in [0.5, 0.6) is 0 Å². The molecule has 0 unspecified atom stereocenters. The average molecular weight is 411 g/mol. The third-order valence-corrected chi connectivity index (χ3v) is 6.48. The van der Waals surface area contributed by atoms with Gasteiger partial charge in [-0.05, 0) is 31.7 Å². The number of benzene rings is 1.